The number of carbonyl (C=O) groups excluding carboxylic acids is 1. The van der Waals surface area contributed by atoms with Crippen LogP contribution in [0, 0.1) is 11.6 Å². The topological polar surface area (TPSA) is 44.1 Å². The van der Waals surface area contributed by atoms with Gasteiger partial charge in [0.1, 0.15) is 5.65 Å². The summed E-state index contributed by atoms with van der Waals surface area (Å²) in [6, 6.07) is 9.39. The standard InChI is InChI=1S/C23H27F2N5O/c1-17(18-6-7-20(24)21(25)13-18)27(2)23(31)16-29-11-9-28(10-12-29)14-19-15-30-8-4-3-5-22(30)26-19/h3-8,13,15,17H,9-12,14,16H2,1-2H3. The number of imidazole rings is 1. The molecule has 0 spiro atoms. The van der Waals surface area contributed by atoms with Crippen LogP contribution >= 0.6 is 0 Å². The first-order valence-electron chi connectivity index (χ1n) is 10.5. The summed E-state index contributed by atoms with van der Waals surface area (Å²) in [6.45, 7) is 6.24. The molecule has 0 saturated carbocycles. The van der Waals surface area contributed by atoms with Gasteiger partial charge in [-0.25, -0.2) is 13.8 Å². The molecule has 1 atom stereocenters. The minimum Gasteiger partial charge on any atom is -0.338 e. The van der Waals surface area contributed by atoms with Crippen LogP contribution in [0.1, 0.15) is 24.2 Å². The van der Waals surface area contributed by atoms with Crippen molar-refractivity contribution in [3.63, 3.8) is 0 Å². The van der Waals surface area contributed by atoms with Crippen molar-refractivity contribution < 1.29 is 13.6 Å². The van der Waals surface area contributed by atoms with Crippen LogP contribution in [0.2, 0.25) is 0 Å². The van der Waals surface area contributed by atoms with E-state index in [0.717, 1.165) is 56.2 Å². The number of nitrogens with zero attached hydrogens (tertiary/aromatic N) is 5. The molecule has 1 aromatic carbocycles. The van der Waals surface area contributed by atoms with E-state index in [2.05, 4.69) is 21.0 Å². The molecule has 31 heavy (non-hydrogen) atoms. The number of halogens is 2. The summed E-state index contributed by atoms with van der Waals surface area (Å²) in [5, 5.41) is 0. The van der Waals surface area contributed by atoms with Crippen LogP contribution in [-0.4, -0.2) is 69.8 Å². The summed E-state index contributed by atoms with van der Waals surface area (Å²) < 4.78 is 28.7. The Bertz CT molecular complexity index is 1030. The maximum Gasteiger partial charge on any atom is 0.236 e. The lowest BCUT2D eigenvalue weighted by molar-refractivity contribution is -0.133. The fraction of sp³-hybridized carbons (Fsp3) is 0.391. The molecule has 1 aliphatic heterocycles. The monoisotopic (exact) mass is 427 g/mol. The number of hydrogen-bond acceptors (Lipinski definition) is 4. The third-order valence-corrected chi connectivity index (χ3v) is 6.02. The molecule has 1 fully saturated rings. The largest absolute Gasteiger partial charge is 0.338 e. The number of piperazine rings is 1. The highest BCUT2D eigenvalue weighted by Gasteiger charge is 2.24. The molecular weight excluding hydrogens is 400 g/mol. The molecule has 1 saturated heterocycles. The molecular formula is C23H27F2N5O. The van der Waals surface area contributed by atoms with E-state index in [1.54, 1.807) is 11.9 Å². The summed E-state index contributed by atoms with van der Waals surface area (Å²) in [4.78, 5) is 23.5. The van der Waals surface area contributed by atoms with Crippen molar-refractivity contribution in [2.24, 2.45) is 0 Å². The van der Waals surface area contributed by atoms with E-state index in [-0.39, 0.29) is 11.9 Å². The Morgan fingerprint density at radius 3 is 2.55 bits per heavy atom. The highest BCUT2D eigenvalue weighted by Crippen LogP contribution is 2.21. The minimum absolute atomic E-state index is 0.0361. The smallest absolute Gasteiger partial charge is 0.236 e. The summed E-state index contributed by atoms with van der Waals surface area (Å²) in [5.74, 6) is -1.82. The van der Waals surface area contributed by atoms with Crippen LogP contribution < -0.4 is 0 Å². The van der Waals surface area contributed by atoms with Crippen molar-refractivity contribution >= 4 is 11.6 Å². The Morgan fingerprint density at radius 1 is 1.10 bits per heavy atom. The zero-order chi connectivity index (χ0) is 22.0. The molecule has 0 N–H and O–H groups in total. The predicted molar refractivity (Wildman–Crippen MR) is 114 cm³/mol. The SMILES string of the molecule is CC(c1ccc(F)c(F)c1)N(C)C(=O)CN1CCN(Cc2cn3ccccc3n2)CC1. The lowest BCUT2D eigenvalue weighted by Crippen LogP contribution is -2.49. The van der Waals surface area contributed by atoms with Crippen LogP contribution in [0.15, 0.2) is 48.8 Å². The van der Waals surface area contributed by atoms with Gasteiger partial charge in [0, 0.05) is 52.2 Å². The highest BCUT2D eigenvalue weighted by atomic mass is 19.2. The second kappa shape index (κ2) is 9.11. The lowest BCUT2D eigenvalue weighted by atomic mass is 10.1. The molecule has 0 radical (unpaired) electrons. The second-order valence-electron chi connectivity index (χ2n) is 8.10. The van der Waals surface area contributed by atoms with E-state index in [1.807, 2.05) is 35.7 Å². The van der Waals surface area contributed by atoms with Crippen molar-refractivity contribution in [1.29, 1.82) is 0 Å². The average molecular weight is 427 g/mol. The van der Waals surface area contributed by atoms with Crippen molar-refractivity contribution in [1.82, 2.24) is 24.1 Å². The van der Waals surface area contributed by atoms with Crippen LogP contribution in [0.4, 0.5) is 8.78 Å². The second-order valence-corrected chi connectivity index (χ2v) is 8.10. The molecule has 1 unspecified atom stereocenters. The van der Waals surface area contributed by atoms with Gasteiger partial charge < -0.3 is 9.30 Å². The van der Waals surface area contributed by atoms with Gasteiger partial charge in [-0.2, -0.15) is 0 Å². The Labute approximate surface area is 180 Å². The van der Waals surface area contributed by atoms with Gasteiger partial charge in [0.15, 0.2) is 11.6 Å². The number of rotatable bonds is 6. The van der Waals surface area contributed by atoms with Gasteiger partial charge in [-0.15, -0.1) is 0 Å². The van der Waals surface area contributed by atoms with Crippen molar-refractivity contribution in [3.8, 4) is 0 Å². The number of likely N-dealkylation sites (N-methyl/N-ethyl adjacent to an activating group) is 1. The number of benzene rings is 1. The first-order chi connectivity index (χ1) is 14.9. The summed E-state index contributed by atoms with van der Waals surface area (Å²) in [5.41, 5.74) is 2.56. The number of pyridine rings is 1. The van der Waals surface area contributed by atoms with Gasteiger partial charge in [-0.05, 0) is 36.8 Å². The fourth-order valence-corrected chi connectivity index (χ4v) is 3.91. The van der Waals surface area contributed by atoms with E-state index >= 15 is 0 Å². The Kier molecular flexibility index (Phi) is 6.29. The zero-order valence-corrected chi connectivity index (χ0v) is 17.8. The van der Waals surface area contributed by atoms with Gasteiger partial charge in [0.2, 0.25) is 5.91 Å². The molecule has 164 valence electrons. The zero-order valence-electron chi connectivity index (χ0n) is 17.8. The number of aromatic nitrogens is 2. The van der Waals surface area contributed by atoms with Gasteiger partial charge in [0.05, 0.1) is 18.3 Å². The van der Waals surface area contributed by atoms with E-state index in [4.69, 9.17) is 0 Å². The molecule has 0 bridgehead atoms. The van der Waals surface area contributed by atoms with Crippen molar-refractivity contribution in [2.75, 3.05) is 39.8 Å². The van der Waals surface area contributed by atoms with Gasteiger partial charge in [-0.3, -0.25) is 14.6 Å². The Balaban J connectivity index is 1.27. The summed E-state index contributed by atoms with van der Waals surface area (Å²) in [6.07, 6.45) is 4.05. The average Bonchev–Trinajstić information content (AvgIpc) is 3.18. The molecule has 3 aromatic rings. The fourth-order valence-electron chi connectivity index (χ4n) is 3.91. The highest BCUT2D eigenvalue weighted by molar-refractivity contribution is 5.78. The summed E-state index contributed by atoms with van der Waals surface area (Å²) >= 11 is 0. The molecule has 0 aliphatic carbocycles. The quantitative estimate of drug-likeness (QED) is 0.607. The molecule has 3 heterocycles. The minimum atomic E-state index is -0.896. The van der Waals surface area contributed by atoms with E-state index in [9.17, 15) is 13.6 Å². The van der Waals surface area contributed by atoms with E-state index in [0.29, 0.717) is 12.1 Å². The number of hydrogen-bond donors (Lipinski definition) is 0. The molecule has 4 rings (SSSR count). The molecule has 1 amide bonds. The van der Waals surface area contributed by atoms with E-state index in [1.165, 1.54) is 6.07 Å². The molecule has 1 aliphatic rings. The van der Waals surface area contributed by atoms with Crippen LogP contribution in [-0.2, 0) is 11.3 Å². The lowest BCUT2D eigenvalue weighted by Gasteiger charge is -2.35. The molecule has 2 aromatic heterocycles. The third kappa shape index (κ3) is 4.91. The van der Waals surface area contributed by atoms with Gasteiger partial charge in [-0.1, -0.05) is 12.1 Å². The maximum absolute atomic E-state index is 13.5. The van der Waals surface area contributed by atoms with E-state index < -0.39 is 11.6 Å². The van der Waals surface area contributed by atoms with Crippen LogP contribution in [0.25, 0.3) is 5.65 Å². The first-order valence-corrected chi connectivity index (χ1v) is 10.5. The number of amides is 1. The van der Waals surface area contributed by atoms with Crippen molar-refractivity contribution in [3.05, 3.63) is 71.7 Å². The Morgan fingerprint density at radius 2 is 1.84 bits per heavy atom. The molecule has 6 nitrogen and oxygen atoms in total. The van der Waals surface area contributed by atoms with Crippen molar-refractivity contribution in [2.45, 2.75) is 19.5 Å². The van der Waals surface area contributed by atoms with Crippen LogP contribution in [0.5, 0.6) is 0 Å². The predicted octanol–water partition coefficient (Wildman–Crippen LogP) is 2.95. The van der Waals surface area contributed by atoms with Crippen LogP contribution in [0.3, 0.4) is 0 Å². The first kappa shape index (κ1) is 21.4. The Hall–Kier alpha value is -2.84. The number of carbonyl (C=O) groups is 1. The maximum atomic E-state index is 13.5. The normalized spacial score (nSPS) is 16.5. The summed E-state index contributed by atoms with van der Waals surface area (Å²) in [7, 11) is 1.70. The third-order valence-electron chi connectivity index (χ3n) is 6.02. The van der Waals surface area contributed by atoms with Gasteiger partial charge >= 0.3 is 0 Å². The number of fused-ring (bicyclic) bond motifs is 1. The molecule has 8 heteroatoms. The van der Waals surface area contributed by atoms with Gasteiger partial charge in [0.25, 0.3) is 0 Å².